The molecule has 0 bridgehead atoms. The lowest BCUT2D eigenvalue weighted by atomic mass is 10.2. The highest BCUT2D eigenvalue weighted by Gasteiger charge is 2.17. The summed E-state index contributed by atoms with van der Waals surface area (Å²) in [5.41, 5.74) is 1.77. The number of benzene rings is 1. The molecule has 0 saturated carbocycles. The monoisotopic (exact) mass is 241 g/mol. The van der Waals surface area contributed by atoms with Crippen LogP contribution in [0, 0.1) is 0 Å². The molecule has 0 radical (unpaired) electrons. The molecule has 1 aromatic carbocycles. The van der Waals surface area contributed by atoms with E-state index in [1.54, 1.807) is 6.20 Å². The van der Waals surface area contributed by atoms with Gasteiger partial charge in [0.2, 0.25) is 0 Å². The molecule has 4 nitrogen and oxygen atoms in total. The molecule has 1 fully saturated rings. The van der Waals surface area contributed by atoms with Crippen LogP contribution in [-0.4, -0.2) is 29.0 Å². The summed E-state index contributed by atoms with van der Waals surface area (Å²) in [5.74, 6) is 0. The maximum Gasteiger partial charge on any atom is 0.321 e. The molecular weight excluding hydrogens is 226 g/mol. The second-order valence-corrected chi connectivity index (χ2v) is 4.54. The van der Waals surface area contributed by atoms with Gasteiger partial charge in [0.25, 0.3) is 0 Å². The Bertz CT molecular complexity index is 576. The van der Waals surface area contributed by atoms with Crippen LogP contribution in [0.2, 0.25) is 0 Å². The van der Waals surface area contributed by atoms with E-state index in [-0.39, 0.29) is 6.03 Å². The third kappa shape index (κ3) is 2.14. The minimum atomic E-state index is -0.00394. The van der Waals surface area contributed by atoms with E-state index in [0.717, 1.165) is 42.5 Å². The fourth-order valence-corrected chi connectivity index (χ4v) is 2.28. The van der Waals surface area contributed by atoms with Crippen LogP contribution in [0.5, 0.6) is 0 Å². The SMILES string of the molecule is O=C(Nc1ccc2ncccc2c1)N1CCCC1. The van der Waals surface area contributed by atoms with Crippen LogP contribution in [0.3, 0.4) is 0 Å². The molecule has 0 unspecified atom stereocenters. The number of nitrogens with zero attached hydrogens (tertiary/aromatic N) is 2. The Balaban J connectivity index is 1.79. The Labute approximate surface area is 106 Å². The first-order valence-corrected chi connectivity index (χ1v) is 6.24. The fourth-order valence-electron chi connectivity index (χ4n) is 2.28. The van der Waals surface area contributed by atoms with E-state index in [9.17, 15) is 4.79 Å². The first kappa shape index (κ1) is 11.0. The zero-order valence-electron chi connectivity index (χ0n) is 10.1. The summed E-state index contributed by atoms with van der Waals surface area (Å²) in [4.78, 5) is 18.1. The quantitative estimate of drug-likeness (QED) is 0.834. The highest BCUT2D eigenvalue weighted by molar-refractivity contribution is 5.92. The van der Waals surface area contributed by atoms with Gasteiger partial charge in [-0.2, -0.15) is 0 Å². The number of urea groups is 1. The van der Waals surface area contributed by atoms with Crippen molar-refractivity contribution in [3.05, 3.63) is 36.5 Å². The number of carbonyl (C=O) groups excluding carboxylic acids is 1. The molecule has 1 N–H and O–H groups in total. The topological polar surface area (TPSA) is 45.2 Å². The molecule has 18 heavy (non-hydrogen) atoms. The van der Waals surface area contributed by atoms with Crippen LogP contribution in [0.4, 0.5) is 10.5 Å². The first-order chi connectivity index (χ1) is 8.83. The molecule has 0 aliphatic carbocycles. The summed E-state index contributed by atoms with van der Waals surface area (Å²) in [6, 6.07) is 9.66. The number of anilines is 1. The highest BCUT2D eigenvalue weighted by atomic mass is 16.2. The third-order valence-corrected chi connectivity index (χ3v) is 3.25. The molecule has 1 aromatic heterocycles. The summed E-state index contributed by atoms with van der Waals surface area (Å²) < 4.78 is 0. The van der Waals surface area contributed by atoms with Gasteiger partial charge in [-0.1, -0.05) is 6.07 Å². The molecule has 4 heteroatoms. The molecule has 2 amide bonds. The Kier molecular flexibility index (Phi) is 2.84. The number of amides is 2. The van der Waals surface area contributed by atoms with Gasteiger partial charge in [0, 0.05) is 30.4 Å². The van der Waals surface area contributed by atoms with Gasteiger partial charge in [-0.15, -0.1) is 0 Å². The molecule has 92 valence electrons. The molecule has 0 atom stereocenters. The van der Waals surface area contributed by atoms with E-state index < -0.39 is 0 Å². The molecule has 2 aromatic rings. The summed E-state index contributed by atoms with van der Waals surface area (Å²) in [6.45, 7) is 1.72. The van der Waals surface area contributed by atoms with Gasteiger partial charge in [0.05, 0.1) is 5.52 Å². The van der Waals surface area contributed by atoms with Crippen molar-refractivity contribution in [3.8, 4) is 0 Å². The van der Waals surface area contributed by atoms with Crippen molar-refractivity contribution in [3.63, 3.8) is 0 Å². The summed E-state index contributed by atoms with van der Waals surface area (Å²) in [5, 5.41) is 3.97. The smallest absolute Gasteiger partial charge is 0.321 e. The average molecular weight is 241 g/mol. The number of hydrogen-bond donors (Lipinski definition) is 1. The number of aromatic nitrogens is 1. The Morgan fingerprint density at radius 3 is 2.89 bits per heavy atom. The predicted molar refractivity (Wildman–Crippen MR) is 71.6 cm³/mol. The van der Waals surface area contributed by atoms with Gasteiger partial charge in [-0.3, -0.25) is 4.98 Å². The fraction of sp³-hybridized carbons (Fsp3) is 0.286. The lowest BCUT2D eigenvalue weighted by Gasteiger charge is -2.16. The molecule has 0 spiro atoms. The molecule has 1 saturated heterocycles. The zero-order chi connectivity index (χ0) is 12.4. The van der Waals surface area contributed by atoms with E-state index in [4.69, 9.17) is 0 Å². The Morgan fingerprint density at radius 2 is 2.06 bits per heavy atom. The second-order valence-electron chi connectivity index (χ2n) is 4.54. The van der Waals surface area contributed by atoms with Crippen molar-refractivity contribution < 1.29 is 4.79 Å². The van der Waals surface area contributed by atoms with Crippen molar-refractivity contribution in [1.29, 1.82) is 0 Å². The van der Waals surface area contributed by atoms with E-state index in [1.807, 2.05) is 35.2 Å². The van der Waals surface area contributed by atoms with E-state index >= 15 is 0 Å². The van der Waals surface area contributed by atoms with Gasteiger partial charge >= 0.3 is 6.03 Å². The molecule has 1 aliphatic rings. The van der Waals surface area contributed by atoms with Gasteiger partial charge in [-0.05, 0) is 37.1 Å². The summed E-state index contributed by atoms with van der Waals surface area (Å²) in [6.07, 6.45) is 3.98. The van der Waals surface area contributed by atoms with Crippen LogP contribution >= 0.6 is 0 Å². The van der Waals surface area contributed by atoms with Gasteiger partial charge in [0.15, 0.2) is 0 Å². The van der Waals surface area contributed by atoms with Crippen molar-refractivity contribution in [2.75, 3.05) is 18.4 Å². The predicted octanol–water partition coefficient (Wildman–Crippen LogP) is 2.86. The molecule has 1 aliphatic heterocycles. The maximum absolute atomic E-state index is 11.9. The number of fused-ring (bicyclic) bond motifs is 1. The lowest BCUT2D eigenvalue weighted by molar-refractivity contribution is 0.222. The third-order valence-electron chi connectivity index (χ3n) is 3.25. The van der Waals surface area contributed by atoms with Crippen molar-refractivity contribution in [1.82, 2.24) is 9.88 Å². The van der Waals surface area contributed by atoms with Crippen LogP contribution < -0.4 is 5.32 Å². The minimum absolute atomic E-state index is 0.00394. The van der Waals surface area contributed by atoms with Crippen LogP contribution in [0.1, 0.15) is 12.8 Å². The summed E-state index contributed by atoms with van der Waals surface area (Å²) >= 11 is 0. The number of hydrogen-bond acceptors (Lipinski definition) is 2. The first-order valence-electron chi connectivity index (χ1n) is 6.24. The number of pyridine rings is 1. The Hall–Kier alpha value is -2.10. The summed E-state index contributed by atoms with van der Waals surface area (Å²) in [7, 11) is 0. The zero-order valence-corrected chi connectivity index (χ0v) is 10.1. The van der Waals surface area contributed by atoms with Crippen LogP contribution in [0.25, 0.3) is 10.9 Å². The number of rotatable bonds is 1. The van der Waals surface area contributed by atoms with Crippen molar-refractivity contribution in [2.45, 2.75) is 12.8 Å². The Morgan fingerprint density at radius 1 is 1.22 bits per heavy atom. The molecule has 2 heterocycles. The molecule has 3 rings (SSSR count). The normalized spacial score (nSPS) is 15.0. The number of likely N-dealkylation sites (tertiary alicyclic amines) is 1. The number of nitrogens with one attached hydrogen (secondary N) is 1. The van der Waals surface area contributed by atoms with Crippen LogP contribution in [-0.2, 0) is 0 Å². The lowest BCUT2D eigenvalue weighted by Crippen LogP contribution is -2.32. The standard InChI is InChI=1S/C14H15N3O/c18-14(17-8-1-2-9-17)16-12-5-6-13-11(10-12)4-3-7-15-13/h3-7,10H,1-2,8-9H2,(H,16,18). The largest absolute Gasteiger partial charge is 0.325 e. The van der Waals surface area contributed by atoms with Crippen molar-refractivity contribution >= 4 is 22.6 Å². The number of carbonyl (C=O) groups is 1. The average Bonchev–Trinajstić information content (AvgIpc) is 2.92. The molecular formula is C14H15N3O. The van der Waals surface area contributed by atoms with Gasteiger partial charge in [0.1, 0.15) is 0 Å². The van der Waals surface area contributed by atoms with E-state index in [2.05, 4.69) is 10.3 Å². The van der Waals surface area contributed by atoms with Gasteiger partial charge < -0.3 is 10.2 Å². The minimum Gasteiger partial charge on any atom is -0.325 e. The maximum atomic E-state index is 11.9. The van der Waals surface area contributed by atoms with E-state index in [0.29, 0.717) is 0 Å². The van der Waals surface area contributed by atoms with Gasteiger partial charge in [-0.25, -0.2) is 4.79 Å². The van der Waals surface area contributed by atoms with Crippen molar-refractivity contribution in [2.24, 2.45) is 0 Å². The van der Waals surface area contributed by atoms with E-state index in [1.165, 1.54) is 0 Å². The second kappa shape index (κ2) is 4.64. The highest BCUT2D eigenvalue weighted by Crippen LogP contribution is 2.18. The van der Waals surface area contributed by atoms with Crippen LogP contribution in [0.15, 0.2) is 36.5 Å².